The minimum atomic E-state index is -1.36. The summed E-state index contributed by atoms with van der Waals surface area (Å²) in [6, 6.07) is 13.5. The highest BCUT2D eigenvalue weighted by Gasteiger charge is 2.39. The molecule has 2 aliphatic heterocycles. The Labute approximate surface area is 175 Å². The molecule has 1 N–H and O–H groups in total. The molecule has 2 aromatic rings. The van der Waals surface area contributed by atoms with Gasteiger partial charge >= 0.3 is 0 Å². The average Bonchev–Trinajstić information content (AvgIpc) is 2.67. The summed E-state index contributed by atoms with van der Waals surface area (Å²) in [6.07, 6.45) is 1.50. The molecule has 0 aromatic heterocycles. The molecular weight excluding hydrogens is 395 g/mol. The van der Waals surface area contributed by atoms with E-state index in [9.17, 15) is 9.50 Å². The van der Waals surface area contributed by atoms with E-state index in [1.807, 2.05) is 43.3 Å². The fourth-order valence-electron chi connectivity index (χ4n) is 3.81. The number of ether oxygens (including phenoxy) is 3. The summed E-state index contributed by atoms with van der Waals surface area (Å²) in [5, 5.41) is 10.8. The zero-order valence-corrected chi connectivity index (χ0v) is 17.2. The van der Waals surface area contributed by atoms with E-state index in [1.54, 1.807) is 0 Å². The summed E-state index contributed by atoms with van der Waals surface area (Å²) in [7, 11) is 0. The van der Waals surface area contributed by atoms with Crippen LogP contribution in [-0.2, 0) is 15.9 Å². The SMILES string of the molecule is C[C@@H]1C[C@H](O)C[C@H](c2ccc(Cl)c(Cc3ccc(OCC4(F)COC4)cc3)c2)O1. The molecule has 2 heterocycles. The molecule has 2 aliphatic rings. The maximum absolute atomic E-state index is 14.0. The normalized spacial score (nSPS) is 26.0. The molecule has 156 valence electrons. The number of halogens is 2. The Balaban J connectivity index is 1.42. The van der Waals surface area contributed by atoms with Gasteiger partial charge in [-0.1, -0.05) is 35.9 Å². The van der Waals surface area contributed by atoms with Gasteiger partial charge in [0, 0.05) is 11.4 Å². The first kappa shape index (κ1) is 20.6. The number of rotatable bonds is 6. The smallest absolute Gasteiger partial charge is 0.190 e. The molecule has 29 heavy (non-hydrogen) atoms. The molecule has 3 atom stereocenters. The fraction of sp³-hybridized carbons (Fsp3) is 0.478. The van der Waals surface area contributed by atoms with Gasteiger partial charge in [0.15, 0.2) is 5.67 Å². The molecule has 4 nitrogen and oxygen atoms in total. The first-order valence-electron chi connectivity index (χ1n) is 10.0. The molecule has 6 heteroatoms. The molecular formula is C23H26ClFO4. The van der Waals surface area contributed by atoms with Crippen LogP contribution in [0.25, 0.3) is 0 Å². The molecule has 2 aromatic carbocycles. The Hall–Kier alpha value is -1.66. The van der Waals surface area contributed by atoms with Crippen molar-refractivity contribution in [1.29, 1.82) is 0 Å². The lowest BCUT2D eigenvalue weighted by molar-refractivity contribution is -0.146. The van der Waals surface area contributed by atoms with Crippen LogP contribution in [0.2, 0.25) is 5.02 Å². The molecule has 2 saturated heterocycles. The number of benzene rings is 2. The van der Waals surface area contributed by atoms with Crippen molar-refractivity contribution in [1.82, 2.24) is 0 Å². The van der Waals surface area contributed by atoms with Crippen molar-refractivity contribution < 1.29 is 23.7 Å². The van der Waals surface area contributed by atoms with Crippen LogP contribution in [0, 0.1) is 0 Å². The number of hydrogen-bond donors (Lipinski definition) is 1. The van der Waals surface area contributed by atoms with Gasteiger partial charge in [-0.05, 0) is 54.7 Å². The second-order valence-corrected chi connectivity index (χ2v) is 8.57. The van der Waals surface area contributed by atoms with E-state index < -0.39 is 5.67 Å². The maximum atomic E-state index is 14.0. The van der Waals surface area contributed by atoms with Crippen molar-refractivity contribution >= 4 is 11.6 Å². The Morgan fingerprint density at radius 2 is 1.93 bits per heavy atom. The molecule has 0 unspecified atom stereocenters. The van der Waals surface area contributed by atoms with Gasteiger partial charge in [0.25, 0.3) is 0 Å². The lowest BCUT2D eigenvalue weighted by Gasteiger charge is -2.33. The molecule has 0 amide bonds. The van der Waals surface area contributed by atoms with Crippen LogP contribution in [0.4, 0.5) is 4.39 Å². The van der Waals surface area contributed by atoms with Gasteiger partial charge in [-0.15, -0.1) is 0 Å². The highest BCUT2D eigenvalue weighted by molar-refractivity contribution is 6.31. The highest BCUT2D eigenvalue weighted by atomic mass is 35.5. The van der Waals surface area contributed by atoms with Gasteiger partial charge in [-0.25, -0.2) is 4.39 Å². The van der Waals surface area contributed by atoms with Gasteiger partial charge < -0.3 is 19.3 Å². The van der Waals surface area contributed by atoms with Crippen molar-refractivity contribution in [3.8, 4) is 5.75 Å². The Bertz CT molecular complexity index is 827. The van der Waals surface area contributed by atoms with Crippen LogP contribution in [0.1, 0.15) is 42.6 Å². The van der Waals surface area contributed by atoms with Crippen LogP contribution in [-0.4, -0.2) is 42.8 Å². The van der Waals surface area contributed by atoms with Gasteiger partial charge in [-0.3, -0.25) is 0 Å². The van der Waals surface area contributed by atoms with Crippen molar-refractivity contribution in [2.75, 3.05) is 19.8 Å². The lowest BCUT2D eigenvalue weighted by atomic mass is 9.94. The summed E-state index contributed by atoms with van der Waals surface area (Å²) in [6.45, 7) is 2.19. The summed E-state index contributed by atoms with van der Waals surface area (Å²) in [5.41, 5.74) is 1.75. The number of hydrogen-bond acceptors (Lipinski definition) is 4. The van der Waals surface area contributed by atoms with Crippen LogP contribution in [0.3, 0.4) is 0 Å². The Morgan fingerprint density at radius 1 is 1.17 bits per heavy atom. The summed E-state index contributed by atoms with van der Waals surface area (Å²) in [5.74, 6) is 0.635. The van der Waals surface area contributed by atoms with Gasteiger partial charge in [0.2, 0.25) is 0 Å². The highest BCUT2D eigenvalue weighted by Crippen LogP contribution is 2.34. The molecule has 0 spiro atoms. The van der Waals surface area contributed by atoms with Gasteiger partial charge in [-0.2, -0.15) is 0 Å². The van der Waals surface area contributed by atoms with Crippen molar-refractivity contribution in [3.05, 3.63) is 64.2 Å². The standard InChI is InChI=1S/C23H26ClFO4/c1-15-8-19(26)11-22(29-15)17-4-7-21(24)18(10-17)9-16-2-5-20(6-3-16)28-14-23(25)12-27-13-23/h2-7,10,15,19,22,26H,8-9,11-14H2,1H3/t15-,19+,22-/m1/s1. The molecule has 0 bridgehead atoms. The van der Waals surface area contributed by atoms with Crippen molar-refractivity contribution in [2.24, 2.45) is 0 Å². The summed E-state index contributed by atoms with van der Waals surface area (Å²) < 4.78 is 30.4. The van der Waals surface area contributed by atoms with Gasteiger partial charge in [0.1, 0.15) is 12.4 Å². The zero-order valence-electron chi connectivity index (χ0n) is 16.4. The molecule has 0 radical (unpaired) electrons. The third-order valence-electron chi connectivity index (χ3n) is 5.47. The second kappa shape index (κ2) is 8.60. The van der Waals surface area contributed by atoms with Crippen molar-refractivity contribution in [3.63, 3.8) is 0 Å². The van der Waals surface area contributed by atoms with Crippen LogP contribution < -0.4 is 4.74 Å². The maximum Gasteiger partial charge on any atom is 0.190 e. The minimum Gasteiger partial charge on any atom is -0.490 e. The summed E-state index contributed by atoms with van der Waals surface area (Å²) >= 11 is 6.43. The predicted octanol–water partition coefficient (Wildman–Crippen LogP) is 4.65. The van der Waals surface area contributed by atoms with Crippen molar-refractivity contribution in [2.45, 2.75) is 50.2 Å². The van der Waals surface area contributed by atoms with Gasteiger partial charge in [0.05, 0.1) is 31.5 Å². The molecule has 2 fully saturated rings. The average molecular weight is 421 g/mol. The lowest BCUT2D eigenvalue weighted by Crippen LogP contribution is -2.50. The summed E-state index contributed by atoms with van der Waals surface area (Å²) in [4.78, 5) is 0. The second-order valence-electron chi connectivity index (χ2n) is 8.16. The first-order chi connectivity index (χ1) is 13.9. The quantitative estimate of drug-likeness (QED) is 0.739. The molecule has 4 rings (SSSR count). The molecule has 0 aliphatic carbocycles. The topological polar surface area (TPSA) is 47.9 Å². The largest absolute Gasteiger partial charge is 0.490 e. The fourth-order valence-corrected chi connectivity index (χ4v) is 3.99. The first-order valence-corrected chi connectivity index (χ1v) is 10.4. The third-order valence-corrected chi connectivity index (χ3v) is 5.83. The Morgan fingerprint density at radius 3 is 2.59 bits per heavy atom. The van der Waals surface area contributed by atoms with E-state index in [4.69, 9.17) is 25.8 Å². The van der Waals surface area contributed by atoms with E-state index in [0.717, 1.165) is 16.7 Å². The monoisotopic (exact) mass is 420 g/mol. The van der Waals surface area contributed by atoms with Crippen LogP contribution in [0.15, 0.2) is 42.5 Å². The van der Waals surface area contributed by atoms with E-state index >= 15 is 0 Å². The molecule has 0 saturated carbocycles. The predicted molar refractivity (Wildman–Crippen MR) is 109 cm³/mol. The number of alkyl halides is 1. The van der Waals surface area contributed by atoms with E-state index in [1.165, 1.54) is 0 Å². The van der Waals surface area contributed by atoms with E-state index in [0.29, 0.717) is 30.0 Å². The number of aliphatic hydroxyl groups is 1. The van der Waals surface area contributed by atoms with Crippen LogP contribution in [0.5, 0.6) is 5.75 Å². The number of aliphatic hydroxyl groups excluding tert-OH is 1. The minimum absolute atomic E-state index is 0.00584. The Kier molecular flexibility index (Phi) is 6.11. The van der Waals surface area contributed by atoms with Crippen LogP contribution >= 0.6 is 11.6 Å². The zero-order chi connectivity index (χ0) is 20.4. The van der Waals surface area contributed by atoms with E-state index in [-0.39, 0.29) is 38.1 Å². The van der Waals surface area contributed by atoms with E-state index in [2.05, 4.69) is 6.07 Å². The third kappa shape index (κ3) is 5.10.